The Hall–Kier alpha value is -3.83. The van der Waals surface area contributed by atoms with Crippen LogP contribution in [-0.4, -0.2) is 42.3 Å². The number of carbonyl (C=O) groups excluding carboxylic acids is 1. The molecule has 0 radical (unpaired) electrons. The third-order valence-electron chi connectivity index (χ3n) is 5.23. The van der Waals surface area contributed by atoms with Crippen molar-refractivity contribution in [3.8, 4) is 5.69 Å². The Labute approximate surface area is 186 Å². The number of alkyl halides is 3. The SMILES string of the molecule is C[C@@H]1CCCN(C(=O)c2ccc(F)cc2-n2nccn2)/C1=C/Nc1ncc(C(F)(F)F)cn1. The summed E-state index contributed by atoms with van der Waals surface area (Å²) < 4.78 is 52.0. The zero-order valence-electron chi connectivity index (χ0n) is 17.4. The van der Waals surface area contributed by atoms with Gasteiger partial charge in [0.05, 0.1) is 23.5 Å². The number of hydrogen-bond donors (Lipinski definition) is 1. The van der Waals surface area contributed by atoms with E-state index < -0.39 is 17.6 Å². The van der Waals surface area contributed by atoms with Crippen LogP contribution in [0.1, 0.15) is 35.7 Å². The summed E-state index contributed by atoms with van der Waals surface area (Å²) in [6.45, 7) is 2.34. The average Bonchev–Trinajstić information content (AvgIpc) is 3.32. The molecule has 0 bridgehead atoms. The molecule has 1 aromatic carbocycles. The van der Waals surface area contributed by atoms with Gasteiger partial charge in [0.25, 0.3) is 5.91 Å². The number of likely N-dealkylation sites (tertiary alicyclic amines) is 1. The molecular weight excluding hydrogens is 442 g/mol. The van der Waals surface area contributed by atoms with Crippen LogP contribution in [0.5, 0.6) is 0 Å². The van der Waals surface area contributed by atoms with Crippen LogP contribution in [0.25, 0.3) is 5.69 Å². The van der Waals surface area contributed by atoms with E-state index in [0.29, 0.717) is 24.6 Å². The summed E-state index contributed by atoms with van der Waals surface area (Å²) in [6.07, 6.45) is 2.74. The van der Waals surface area contributed by atoms with Gasteiger partial charge in [-0.25, -0.2) is 14.4 Å². The number of halogens is 4. The Balaban J connectivity index is 1.62. The maximum absolute atomic E-state index is 13.9. The standard InChI is InChI=1S/C21H19F4N7O/c1-13-3-2-8-31(18(13)12-28-20-26-10-14(11-27-20)21(23,24)25)19(33)16-5-4-15(22)9-17(16)32-29-6-7-30-32/h4-7,9-13H,2-3,8H2,1H3,(H,26,27,28)/b18-12+/t13-/m1/s1. The van der Waals surface area contributed by atoms with E-state index >= 15 is 0 Å². The number of piperidine rings is 1. The van der Waals surface area contributed by atoms with Crippen molar-refractivity contribution in [2.75, 3.05) is 11.9 Å². The first-order valence-corrected chi connectivity index (χ1v) is 10.1. The van der Waals surface area contributed by atoms with Crippen molar-refractivity contribution in [3.63, 3.8) is 0 Å². The summed E-state index contributed by atoms with van der Waals surface area (Å²) >= 11 is 0. The molecule has 3 aromatic rings. The summed E-state index contributed by atoms with van der Waals surface area (Å²) in [7, 11) is 0. The number of benzene rings is 1. The van der Waals surface area contributed by atoms with Crippen molar-refractivity contribution in [1.29, 1.82) is 0 Å². The van der Waals surface area contributed by atoms with Gasteiger partial charge in [0, 0.05) is 36.9 Å². The van der Waals surface area contributed by atoms with E-state index in [4.69, 9.17) is 0 Å². The maximum atomic E-state index is 13.9. The molecule has 1 aliphatic heterocycles. The summed E-state index contributed by atoms with van der Waals surface area (Å²) in [4.78, 5) is 23.6. The molecule has 0 unspecified atom stereocenters. The van der Waals surface area contributed by atoms with E-state index in [-0.39, 0.29) is 29.0 Å². The van der Waals surface area contributed by atoms with Gasteiger partial charge < -0.3 is 10.2 Å². The van der Waals surface area contributed by atoms with Gasteiger partial charge in [0.1, 0.15) is 11.5 Å². The summed E-state index contributed by atoms with van der Waals surface area (Å²) in [6, 6.07) is 3.74. The Kier molecular flexibility index (Phi) is 6.07. The molecule has 1 amide bonds. The van der Waals surface area contributed by atoms with Gasteiger partial charge in [-0.3, -0.25) is 4.79 Å². The van der Waals surface area contributed by atoms with Crippen molar-refractivity contribution in [2.45, 2.75) is 25.9 Å². The molecule has 1 N–H and O–H groups in total. The Morgan fingerprint density at radius 2 is 1.88 bits per heavy atom. The second-order valence-corrected chi connectivity index (χ2v) is 7.49. The largest absolute Gasteiger partial charge is 0.419 e. The third-order valence-corrected chi connectivity index (χ3v) is 5.23. The van der Waals surface area contributed by atoms with Crippen LogP contribution in [0, 0.1) is 11.7 Å². The topological polar surface area (TPSA) is 88.8 Å². The quantitative estimate of drug-likeness (QED) is 0.590. The highest BCUT2D eigenvalue weighted by Crippen LogP contribution is 2.30. The normalized spacial score (nSPS) is 17.9. The van der Waals surface area contributed by atoms with Gasteiger partial charge in [-0.15, -0.1) is 0 Å². The number of rotatable bonds is 4. The van der Waals surface area contributed by atoms with E-state index in [1.165, 1.54) is 41.6 Å². The molecule has 8 nitrogen and oxygen atoms in total. The van der Waals surface area contributed by atoms with Crippen LogP contribution in [-0.2, 0) is 6.18 Å². The Morgan fingerprint density at radius 1 is 1.18 bits per heavy atom. The van der Waals surface area contributed by atoms with Crippen LogP contribution in [0.2, 0.25) is 0 Å². The highest BCUT2D eigenvalue weighted by molar-refractivity contribution is 5.98. The first-order chi connectivity index (χ1) is 15.7. The Bertz CT molecular complexity index is 1160. The van der Waals surface area contributed by atoms with Crippen LogP contribution < -0.4 is 5.32 Å². The second kappa shape index (κ2) is 8.96. The van der Waals surface area contributed by atoms with E-state index in [0.717, 1.165) is 12.8 Å². The number of aromatic nitrogens is 5. The van der Waals surface area contributed by atoms with Crippen molar-refractivity contribution in [3.05, 3.63) is 71.8 Å². The number of anilines is 1. The van der Waals surface area contributed by atoms with Gasteiger partial charge in [-0.1, -0.05) is 6.92 Å². The lowest BCUT2D eigenvalue weighted by Gasteiger charge is -2.34. The average molecular weight is 461 g/mol. The molecule has 1 aliphatic rings. The zero-order valence-corrected chi connectivity index (χ0v) is 17.4. The van der Waals surface area contributed by atoms with E-state index in [1.807, 2.05) is 6.92 Å². The third kappa shape index (κ3) is 4.83. The molecule has 0 saturated carbocycles. The highest BCUT2D eigenvalue weighted by atomic mass is 19.4. The van der Waals surface area contributed by atoms with E-state index in [9.17, 15) is 22.4 Å². The predicted molar refractivity (Wildman–Crippen MR) is 109 cm³/mol. The number of allylic oxidation sites excluding steroid dienone is 1. The summed E-state index contributed by atoms with van der Waals surface area (Å²) in [5.74, 6) is -0.988. The number of hydrogen-bond acceptors (Lipinski definition) is 6. The molecular formula is C21H19F4N7O. The molecule has 1 atom stereocenters. The molecule has 1 saturated heterocycles. The van der Waals surface area contributed by atoms with Crippen molar-refractivity contribution >= 4 is 11.9 Å². The minimum atomic E-state index is -4.53. The van der Waals surface area contributed by atoms with Crippen LogP contribution >= 0.6 is 0 Å². The number of nitrogens with one attached hydrogen (secondary N) is 1. The lowest BCUT2D eigenvalue weighted by atomic mass is 9.95. The van der Waals surface area contributed by atoms with Gasteiger partial charge in [0.15, 0.2) is 0 Å². The molecule has 33 heavy (non-hydrogen) atoms. The smallest absolute Gasteiger partial charge is 0.329 e. The van der Waals surface area contributed by atoms with Crippen molar-refractivity contribution in [2.24, 2.45) is 5.92 Å². The Morgan fingerprint density at radius 3 is 2.55 bits per heavy atom. The number of amides is 1. The van der Waals surface area contributed by atoms with E-state index in [2.05, 4.69) is 25.5 Å². The summed E-state index contributed by atoms with van der Waals surface area (Å²) in [5, 5.41) is 10.8. The van der Waals surface area contributed by atoms with Crippen LogP contribution in [0.3, 0.4) is 0 Å². The number of nitrogens with zero attached hydrogens (tertiary/aromatic N) is 6. The fourth-order valence-corrected chi connectivity index (χ4v) is 3.56. The van der Waals surface area contributed by atoms with Crippen molar-refractivity contribution in [1.82, 2.24) is 29.9 Å². The molecule has 1 fully saturated rings. The minimum absolute atomic E-state index is 0.0311. The molecule has 0 aliphatic carbocycles. The predicted octanol–water partition coefficient (Wildman–Crippen LogP) is 4.04. The van der Waals surface area contributed by atoms with Gasteiger partial charge >= 0.3 is 6.18 Å². The monoisotopic (exact) mass is 461 g/mol. The first kappa shape index (κ1) is 22.4. The fourth-order valence-electron chi connectivity index (χ4n) is 3.56. The summed E-state index contributed by atoms with van der Waals surface area (Å²) in [5.41, 5.74) is 0.0537. The van der Waals surface area contributed by atoms with E-state index in [1.54, 1.807) is 4.90 Å². The molecule has 12 heteroatoms. The van der Waals surface area contributed by atoms with Crippen molar-refractivity contribution < 1.29 is 22.4 Å². The highest BCUT2D eigenvalue weighted by Gasteiger charge is 2.32. The minimum Gasteiger partial charge on any atom is -0.329 e. The van der Waals surface area contributed by atoms with Gasteiger partial charge in [-0.2, -0.15) is 28.2 Å². The second-order valence-electron chi connectivity index (χ2n) is 7.49. The molecule has 2 aromatic heterocycles. The molecule has 172 valence electrons. The lowest BCUT2D eigenvalue weighted by molar-refractivity contribution is -0.138. The maximum Gasteiger partial charge on any atom is 0.419 e. The molecule has 0 spiro atoms. The van der Waals surface area contributed by atoms with Gasteiger partial charge in [-0.05, 0) is 30.9 Å². The van der Waals surface area contributed by atoms with Crippen LogP contribution in [0.4, 0.5) is 23.5 Å². The number of carbonyl (C=O) groups is 1. The zero-order chi connectivity index (χ0) is 23.6. The fraction of sp³-hybridized carbons (Fsp3) is 0.286. The first-order valence-electron chi connectivity index (χ1n) is 10.1. The molecule has 3 heterocycles. The van der Waals surface area contributed by atoms with Gasteiger partial charge in [0.2, 0.25) is 5.95 Å². The lowest BCUT2D eigenvalue weighted by Crippen LogP contribution is -2.38. The van der Waals surface area contributed by atoms with Crippen LogP contribution in [0.15, 0.2) is 54.9 Å². The molecule has 4 rings (SSSR count).